The van der Waals surface area contributed by atoms with Gasteiger partial charge in [-0.25, -0.2) is 4.98 Å². The fourth-order valence-corrected chi connectivity index (χ4v) is 1.93. The molecule has 2 rings (SSSR count). The van der Waals surface area contributed by atoms with Gasteiger partial charge in [-0.1, -0.05) is 34.1 Å². The van der Waals surface area contributed by atoms with E-state index in [1.807, 2.05) is 12.3 Å². The van der Waals surface area contributed by atoms with Gasteiger partial charge in [0.1, 0.15) is 0 Å². The second-order valence-electron chi connectivity index (χ2n) is 3.60. The van der Waals surface area contributed by atoms with E-state index in [1.54, 1.807) is 6.33 Å². The molecular weight excluding hydrogens is 266 g/mol. The summed E-state index contributed by atoms with van der Waals surface area (Å²) in [6.07, 6.45) is 4.55. The molecule has 2 aromatic rings. The molecule has 0 unspecified atom stereocenters. The van der Waals surface area contributed by atoms with Gasteiger partial charge in [0.05, 0.1) is 6.33 Å². The van der Waals surface area contributed by atoms with Crippen molar-refractivity contribution in [2.75, 3.05) is 6.54 Å². The summed E-state index contributed by atoms with van der Waals surface area (Å²) in [4.78, 5) is 7.07. The predicted octanol–water partition coefficient (Wildman–Crippen LogP) is 2.50. The highest BCUT2D eigenvalue weighted by Gasteiger charge is 1.98. The Bertz CT molecular complexity index is 426. The molecule has 0 radical (unpaired) electrons. The van der Waals surface area contributed by atoms with Crippen LogP contribution in [0.15, 0.2) is 41.3 Å². The number of nitrogens with zero attached hydrogens (tertiary/aromatic N) is 1. The third-order valence-electron chi connectivity index (χ3n) is 2.40. The third-order valence-corrected chi connectivity index (χ3v) is 3.17. The van der Waals surface area contributed by atoms with Crippen molar-refractivity contribution < 1.29 is 0 Å². The van der Waals surface area contributed by atoms with Crippen LogP contribution in [0.2, 0.25) is 0 Å². The van der Waals surface area contributed by atoms with E-state index >= 15 is 0 Å². The number of hydrogen-bond donors (Lipinski definition) is 2. The van der Waals surface area contributed by atoms with Crippen LogP contribution in [0.1, 0.15) is 11.3 Å². The molecule has 1 aromatic carbocycles. The van der Waals surface area contributed by atoms with E-state index in [-0.39, 0.29) is 0 Å². The minimum atomic E-state index is 0.884. The standard InChI is InChI=1S/C12H14BrN3/c13-12-4-2-1-3-10(12)7-14-6-5-11-8-15-9-16-11/h1-4,8-9,14H,5-7H2,(H,15,16). The van der Waals surface area contributed by atoms with Crippen LogP contribution in [-0.4, -0.2) is 16.5 Å². The Morgan fingerprint density at radius 2 is 2.19 bits per heavy atom. The summed E-state index contributed by atoms with van der Waals surface area (Å²) < 4.78 is 1.16. The molecule has 0 aliphatic carbocycles. The highest BCUT2D eigenvalue weighted by Crippen LogP contribution is 2.15. The van der Waals surface area contributed by atoms with E-state index in [4.69, 9.17) is 0 Å². The van der Waals surface area contributed by atoms with Crippen LogP contribution >= 0.6 is 15.9 Å². The van der Waals surface area contributed by atoms with Crippen molar-refractivity contribution in [3.8, 4) is 0 Å². The number of H-pyrrole nitrogens is 1. The molecule has 0 fully saturated rings. The minimum Gasteiger partial charge on any atom is -0.348 e. The van der Waals surface area contributed by atoms with Crippen molar-refractivity contribution in [2.24, 2.45) is 0 Å². The van der Waals surface area contributed by atoms with Gasteiger partial charge in [-0.05, 0) is 11.6 Å². The van der Waals surface area contributed by atoms with Crippen LogP contribution in [-0.2, 0) is 13.0 Å². The molecule has 1 heterocycles. The lowest BCUT2D eigenvalue weighted by molar-refractivity contribution is 0.680. The summed E-state index contributed by atoms with van der Waals surface area (Å²) in [6.45, 7) is 1.83. The van der Waals surface area contributed by atoms with Crippen molar-refractivity contribution in [3.63, 3.8) is 0 Å². The number of nitrogens with one attached hydrogen (secondary N) is 2. The van der Waals surface area contributed by atoms with E-state index in [0.29, 0.717) is 0 Å². The lowest BCUT2D eigenvalue weighted by Crippen LogP contribution is -2.17. The molecule has 3 nitrogen and oxygen atoms in total. The predicted molar refractivity (Wildman–Crippen MR) is 68.1 cm³/mol. The first-order valence-electron chi connectivity index (χ1n) is 5.27. The largest absolute Gasteiger partial charge is 0.348 e. The van der Waals surface area contributed by atoms with Crippen LogP contribution in [0, 0.1) is 0 Å². The summed E-state index contributed by atoms with van der Waals surface area (Å²) in [5.74, 6) is 0. The Balaban J connectivity index is 1.74. The number of rotatable bonds is 5. The first-order valence-corrected chi connectivity index (χ1v) is 6.07. The van der Waals surface area contributed by atoms with Crippen molar-refractivity contribution in [2.45, 2.75) is 13.0 Å². The van der Waals surface area contributed by atoms with E-state index in [9.17, 15) is 0 Å². The van der Waals surface area contributed by atoms with Gasteiger partial charge >= 0.3 is 0 Å². The first kappa shape index (κ1) is 11.4. The van der Waals surface area contributed by atoms with E-state index in [2.05, 4.69) is 49.4 Å². The minimum absolute atomic E-state index is 0.884. The van der Waals surface area contributed by atoms with Crippen LogP contribution in [0.25, 0.3) is 0 Å². The van der Waals surface area contributed by atoms with Gasteiger partial charge in [0, 0.05) is 35.9 Å². The van der Waals surface area contributed by atoms with Gasteiger partial charge in [-0.2, -0.15) is 0 Å². The Hall–Kier alpha value is -1.13. The molecule has 0 amide bonds. The fourth-order valence-electron chi connectivity index (χ4n) is 1.51. The van der Waals surface area contributed by atoms with Gasteiger partial charge in [-0.15, -0.1) is 0 Å². The molecule has 0 atom stereocenters. The van der Waals surface area contributed by atoms with Gasteiger partial charge < -0.3 is 10.3 Å². The maximum atomic E-state index is 3.98. The Morgan fingerprint density at radius 3 is 2.94 bits per heavy atom. The number of aromatic nitrogens is 2. The van der Waals surface area contributed by atoms with Crippen LogP contribution < -0.4 is 5.32 Å². The molecule has 0 saturated carbocycles. The quantitative estimate of drug-likeness (QED) is 0.826. The van der Waals surface area contributed by atoms with Gasteiger partial charge in [0.25, 0.3) is 0 Å². The molecular formula is C12H14BrN3. The summed E-state index contributed by atoms with van der Waals surface area (Å²) in [5, 5.41) is 3.40. The number of imidazole rings is 1. The highest BCUT2D eigenvalue weighted by atomic mass is 79.9. The number of benzene rings is 1. The van der Waals surface area contributed by atoms with Crippen LogP contribution in [0.3, 0.4) is 0 Å². The zero-order valence-corrected chi connectivity index (χ0v) is 10.5. The molecule has 84 valence electrons. The van der Waals surface area contributed by atoms with Crippen molar-refractivity contribution in [3.05, 3.63) is 52.5 Å². The topological polar surface area (TPSA) is 40.7 Å². The molecule has 1 aromatic heterocycles. The Labute approximate surface area is 103 Å². The second-order valence-corrected chi connectivity index (χ2v) is 4.45. The van der Waals surface area contributed by atoms with Gasteiger partial charge in [0.2, 0.25) is 0 Å². The number of aromatic amines is 1. The molecule has 0 bridgehead atoms. The normalized spacial score (nSPS) is 10.6. The summed E-state index contributed by atoms with van der Waals surface area (Å²) in [7, 11) is 0. The lowest BCUT2D eigenvalue weighted by atomic mass is 10.2. The van der Waals surface area contributed by atoms with E-state index < -0.39 is 0 Å². The van der Waals surface area contributed by atoms with E-state index in [0.717, 1.165) is 24.0 Å². The second kappa shape index (κ2) is 5.82. The zero-order chi connectivity index (χ0) is 11.2. The first-order chi connectivity index (χ1) is 7.86. The van der Waals surface area contributed by atoms with Gasteiger partial charge in [0.15, 0.2) is 0 Å². The number of halogens is 1. The molecule has 16 heavy (non-hydrogen) atoms. The van der Waals surface area contributed by atoms with E-state index in [1.165, 1.54) is 11.3 Å². The molecule has 2 N–H and O–H groups in total. The maximum absolute atomic E-state index is 3.98. The summed E-state index contributed by atoms with van der Waals surface area (Å²) in [5.41, 5.74) is 2.45. The summed E-state index contributed by atoms with van der Waals surface area (Å²) in [6, 6.07) is 8.26. The number of hydrogen-bond acceptors (Lipinski definition) is 2. The molecule has 0 aliphatic heterocycles. The lowest BCUT2D eigenvalue weighted by Gasteiger charge is -2.05. The monoisotopic (exact) mass is 279 g/mol. The van der Waals surface area contributed by atoms with Crippen LogP contribution in [0.4, 0.5) is 0 Å². The fraction of sp³-hybridized carbons (Fsp3) is 0.250. The Morgan fingerprint density at radius 1 is 1.31 bits per heavy atom. The third kappa shape index (κ3) is 3.18. The zero-order valence-electron chi connectivity index (χ0n) is 8.91. The van der Waals surface area contributed by atoms with Crippen molar-refractivity contribution >= 4 is 15.9 Å². The average Bonchev–Trinajstić information content (AvgIpc) is 2.79. The maximum Gasteiger partial charge on any atom is 0.0921 e. The smallest absolute Gasteiger partial charge is 0.0921 e. The molecule has 0 aliphatic rings. The molecule has 0 saturated heterocycles. The van der Waals surface area contributed by atoms with Gasteiger partial charge in [-0.3, -0.25) is 0 Å². The average molecular weight is 280 g/mol. The highest BCUT2D eigenvalue weighted by molar-refractivity contribution is 9.10. The SMILES string of the molecule is Brc1ccccc1CNCCc1cnc[nH]1. The molecule has 0 spiro atoms. The van der Waals surface area contributed by atoms with Crippen molar-refractivity contribution in [1.82, 2.24) is 15.3 Å². The van der Waals surface area contributed by atoms with Crippen molar-refractivity contribution in [1.29, 1.82) is 0 Å². The van der Waals surface area contributed by atoms with Crippen LogP contribution in [0.5, 0.6) is 0 Å². The summed E-state index contributed by atoms with van der Waals surface area (Å²) >= 11 is 3.53. The Kier molecular flexibility index (Phi) is 4.13. The molecule has 4 heteroatoms.